The average Bonchev–Trinajstić information content (AvgIpc) is 2.47. The van der Waals surface area contributed by atoms with Crippen LogP contribution in [0.15, 0.2) is 18.2 Å². The zero-order chi connectivity index (χ0) is 15.5. The van der Waals surface area contributed by atoms with Crippen LogP contribution in [0, 0.1) is 11.6 Å². The van der Waals surface area contributed by atoms with Crippen LogP contribution in [0.3, 0.4) is 0 Å². The van der Waals surface area contributed by atoms with Gasteiger partial charge in [0.1, 0.15) is 11.6 Å². The summed E-state index contributed by atoms with van der Waals surface area (Å²) in [7, 11) is -1.57. The normalized spacial score (nSPS) is 11.3. The highest BCUT2D eigenvalue weighted by molar-refractivity contribution is 6.44. The molecule has 0 N–H and O–H groups in total. The van der Waals surface area contributed by atoms with E-state index >= 15 is 0 Å². The van der Waals surface area contributed by atoms with E-state index in [4.69, 9.17) is 8.85 Å². The van der Waals surface area contributed by atoms with Gasteiger partial charge in [0.15, 0.2) is 0 Å². The van der Waals surface area contributed by atoms with Crippen molar-refractivity contribution in [2.45, 2.75) is 52.0 Å². The third-order valence-corrected chi connectivity index (χ3v) is 5.26. The standard InChI is InChI=1S/C16H26F2O2Si/c1-3-10-19-21(20-11-4-2)12-6-5-7-14-8-9-15(17)13-16(14)18/h8-9,13,21H,3-7,10-12H2,1-2H3. The SMILES string of the molecule is CCCO[SiH](CCCCc1ccc(F)cc1F)OCCC. The molecule has 1 aromatic rings. The Labute approximate surface area is 128 Å². The van der Waals surface area contributed by atoms with E-state index in [1.54, 1.807) is 0 Å². The molecule has 120 valence electrons. The molecule has 0 saturated carbocycles. The van der Waals surface area contributed by atoms with Gasteiger partial charge in [-0.2, -0.15) is 0 Å². The van der Waals surface area contributed by atoms with Crippen LogP contribution < -0.4 is 0 Å². The van der Waals surface area contributed by atoms with Crippen LogP contribution in [0.2, 0.25) is 6.04 Å². The molecule has 1 rings (SSSR count). The average molecular weight is 316 g/mol. The fourth-order valence-electron chi connectivity index (χ4n) is 2.06. The van der Waals surface area contributed by atoms with E-state index in [0.717, 1.165) is 51.0 Å². The molecular formula is C16H26F2O2Si. The minimum absolute atomic E-state index is 0.451. The number of unbranched alkanes of at least 4 members (excludes halogenated alkanes) is 1. The second-order valence-electron chi connectivity index (χ2n) is 5.15. The van der Waals surface area contributed by atoms with E-state index in [1.165, 1.54) is 12.1 Å². The van der Waals surface area contributed by atoms with Gasteiger partial charge in [0.2, 0.25) is 0 Å². The molecule has 0 bridgehead atoms. The number of hydrogen-bond acceptors (Lipinski definition) is 2. The maximum Gasteiger partial charge on any atom is 0.321 e. The molecule has 0 aromatic heterocycles. The fraction of sp³-hybridized carbons (Fsp3) is 0.625. The molecule has 0 amide bonds. The van der Waals surface area contributed by atoms with Crippen LogP contribution in [-0.2, 0) is 15.3 Å². The highest BCUT2D eigenvalue weighted by Gasteiger charge is 2.12. The lowest BCUT2D eigenvalue weighted by Gasteiger charge is -2.16. The second kappa shape index (κ2) is 10.9. The lowest BCUT2D eigenvalue weighted by Crippen LogP contribution is -2.23. The van der Waals surface area contributed by atoms with Crippen LogP contribution in [-0.4, -0.2) is 22.5 Å². The van der Waals surface area contributed by atoms with Gasteiger partial charge in [-0.3, -0.25) is 0 Å². The van der Waals surface area contributed by atoms with Gasteiger partial charge in [0, 0.05) is 19.3 Å². The summed E-state index contributed by atoms with van der Waals surface area (Å²) in [5, 5.41) is 0. The molecule has 0 radical (unpaired) electrons. The highest BCUT2D eigenvalue weighted by atomic mass is 28.3. The Bertz CT molecular complexity index is 394. The first-order chi connectivity index (χ1) is 10.2. The highest BCUT2D eigenvalue weighted by Crippen LogP contribution is 2.14. The Morgan fingerprint density at radius 3 is 2.24 bits per heavy atom. The van der Waals surface area contributed by atoms with E-state index in [2.05, 4.69) is 13.8 Å². The van der Waals surface area contributed by atoms with Crippen molar-refractivity contribution < 1.29 is 17.6 Å². The van der Waals surface area contributed by atoms with E-state index in [1.807, 2.05) is 0 Å². The van der Waals surface area contributed by atoms with Crippen molar-refractivity contribution in [3.63, 3.8) is 0 Å². The van der Waals surface area contributed by atoms with Crippen molar-refractivity contribution in [3.8, 4) is 0 Å². The van der Waals surface area contributed by atoms with Gasteiger partial charge < -0.3 is 8.85 Å². The third-order valence-electron chi connectivity index (χ3n) is 3.17. The van der Waals surface area contributed by atoms with Gasteiger partial charge in [-0.1, -0.05) is 26.3 Å². The topological polar surface area (TPSA) is 18.5 Å². The first-order valence-corrected chi connectivity index (χ1v) is 9.60. The van der Waals surface area contributed by atoms with E-state index in [-0.39, 0.29) is 0 Å². The fourth-order valence-corrected chi connectivity index (χ4v) is 4.11. The molecule has 1 aromatic carbocycles. The molecule has 0 unspecified atom stereocenters. The number of aryl methyl sites for hydroxylation is 1. The molecule has 0 spiro atoms. The van der Waals surface area contributed by atoms with Crippen molar-refractivity contribution in [2.75, 3.05) is 13.2 Å². The molecule has 0 heterocycles. The smallest absolute Gasteiger partial charge is 0.321 e. The summed E-state index contributed by atoms with van der Waals surface area (Å²) >= 11 is 0. The monoisotopic (exact) mass is 316 g/mol. The Morgan fingerprint density at radius 1 is 1.00 bits per heavy atom. The zero-order valence-corrected chi connectivity index (χ0v) is 14.2. The predicted octanol–water partition coefficient (Wildman–Crippen LogP) is 4.36. The molecule has 0 saturated heterocycles. The largest absolute Gasteiger partial charge is 0.397 e. The van der Waals surface area contributed by atoms with Crippen molar-refractivity contribution in [3.05, 3.63) is 35.4 Å². The van der Waals surface area contributed by atoms with Crippen molar-refractivity contribution in [1.82, 2.24) is 0 Å². The molecule has 21 heavy (non-hydrogen) atoms. The maximum absolute atomic E-state index is 13.5. The van der Waals surface area contributed by atoms with E-state index < -0.39 is 20.9 Å². The minimum Gasteiger partial charge on any atom is -0.397 e. The summed E-state index contributed by atoms with van der Waals surface area (Å²) < 4.78 is 37.9. The van der Waals surface area contributed by atoms with Crippen LogP contribution in [0.5, 0.6) is 0 Å². The first kappa shape index (κ1) is 18.3. The Morgan fingerprint density at radius 2 is 1.67 bits per heavy atom. The van der Waals surface area contributed by atoms with Crippen molar-refractivity contribution >= 4 is 9.28 Å². The quantitative estimate of drug-likeness (QED) is 0.446. The summed E-state index contributed by atoms with van der Waals surface area (Å²) in [5.41, 5.74) is 0.582. The number of halogens is 2. The summed E-state index contributed by atoms with van der Waals surface area (Å²) in [6, 6.07) is 4.73. The predicted molar refractivity (Wildman–Crippen MR) is 83.7 cm³/mol. The van der Waals surface area contributed by atoms with Gasteiger partial charge in [-0.15, -0.1) is 0 Å². The van der Waals surface area contributed by atoms with Gasteiger partial charge >= 0.3 is 9.28 Å². The van der Waals surface area contributed by atoms with E-state index in [0.29, 0.717) is 12.0 Å². The molecule has 0 aliphatic carbocycles. The molecule has 0 fully saturated rings. The van der Waals surface area contributed by atoms with Gasteiger partial charge in [-0.05, 0) is 43.4 Å². The number of rotatable bonds is 11. The van der Waals surface area contributed by atoms with Crippen molar-refractivity contribution in [2.24, 2.45) is 0 Å². The van der Waals surface area contributed by atoms with Crippen LogP contribution in [0.25, 0.3) is 0 Å². The zero-order valence-electron chi connectivity index (χ0n) is 13.0. The Balaban J connectivity index is 2.29. The van der Waals surface area contributed by atoms with Gasteiger partial charge in [0.25, 0.3) is 0 Å². The second-order valence-corrected chi connectivity index (χ2v) is 7.26. The molecule has 0 atom stereocenters. The van der Waals surface area contributed by atoms with Gasteiger partial charge in [-0.25, -0.2) is 8.78 Å². The van der Waals surface area contributed by atoms with Crippen LogP contribution >= 0.6 is 0 Å². The molecule has 0 aliphatic rings. The maximum atomic E-state index is 13.5. The van der Waals surface area contributed by atoms with Crippen molar-refractivity contribution in [1.29, 1.82) is 0 Å². The molecule has 2 nitrogen and oxygen atoms in total. The lowest BCUT2D eigenvalue weighted by atomic mass is 10.1. The summed E-state index contributed by atoms with van der Waals surface area (Å²) in [5.74, 6) is -0.974. The van der Waals surface area contributed by atoms with Gasteiger partial charge in [0.05, 0.1) is 0 Å². The summed E-state index contributed by atoms with van der Waals surface area (Å²) in [6.45, 7) is 5.69. The Kier molecular flexibility index (Phi) is 9.46. The summed E-state index contributed by atoms with van der Waals surface area (Å²) in [4.78, 5) is 0. The number of hydrogen-bond donors (Lipinski definition) is 0. The summed E-state index contributed by atoms with van der Waals surface area (Å²) in [6.07, 6.45) is 4.46. The Hall–Kier alpha value is -0.783. The lowest BCUT2D eigenvalue weighted by molar-refractivity contribution is 0.195. The van der Waals surface area contributed by atoms with Crippen LogP contribution in [0.4, 0.5) is 8.78 Å². The van der Waals surface area contributed by atoms with Crippen LogP contribution in [0.1, 0.15) is 45.1 Å². The molecule has 5 heteroatoms. The third kappa shape index (κ3) is 7.69. The number of benzene rings is 1. The van der Waals surface area contributed by atoms with E-state index in [9.17, 15) is 8.78 Å². The molecular weight excluding hydrogens is 290 g/mol. The minimum atomic E-state index is -1.57. The molecule has 0 aliphatic heterocycles. The first-order valence-electron chi connectivity index (χ1n) is 7.84.